The molecule has 0 N–H and O–H groups in total. The zero-order chi connectivity index (χ0) is 8.27. The first-order chi connectivity index (χ1) is 5.29. The summed E-state index contributed by atoms with van der Waals surface area (Å²) in [5, 5.41) is 8.64. The van der Waals surface area contributed by atoms with Crippen LogP contribution in [0.25, 0.3) is 0 Å². The zero-order valence-electron chi connectivity index (χ0n) is 5.64. The van der Waals surface area contributed by atoms with E-state index in [1.54, 1.807) is 6.07 Å². The van der Waals surface area contributed by atoms with Crippen LogP contribution in [-0.4, -0.2) is 0 Å². The third kappa shape index (κ3) is 1.74. The lowest BCUT2D eigenvalue weighted by atomic mass is 10.1. The molecule has 0 spiro atoms. The van der Waals surface area contributed by atoms with E-state index in [-0.39, 0.29) is 0 Å². The predicted molar refractivity (Wildman–Crippen MR) is 48.4 cm³/mol. The summed E-state index contributed by atoms with van der Waals surface area (Å²) in [7, 11) is 0. The first-order valence-electron chi connectivity index (χ1n) is 3.03. The van der Waals surface area contributed by atoms with Gasteiger partial charge in [0.1, 0.15) is 0 Å². The summed E-state index contributed by atoms with van der Waals surface area (Å²) < 4.78 is 0.895. The third-order valence-electron chi connectivity index (χ3n) is 1.37. The average molecular weight is 230 g/mol. The second-order valence-corrected chi connectivity index (χ2v) is 3.13. The largest absolute Gasteiger partial charge is 0.192 e. The van der Waals surface area contributed by atoms with Crippen LogP contribution >= 0.6 is 27.5 Å². The van der Waals surface area contributed by atoms with Gasteiger partial charge in [-0.2, -0.15) is 5.26 Å². The highest BCUT2D eigenvalue weighted by Crippen LogP contribution is 2.21. The molecule has 0 heterocycles. The van der Waals surface area contributed by atoms with Crippen molar-refractivity contribution in [3.05, 3.63) is 33.8 Å². The first kappa shape index (κ1) is 8.58. The van der Waals surface area contributed by atoms with Gasteiger partial charge in [0, 0.05) is 10.4 Å². The van der Waals surface area contributed by atoms with Gasteiger partial charge < -0.3 is 0 Å². The molecular formula is C8H5BrClN. The van der Waals surface area contributed by atoms with Crippen molar-refractivity contribution in [1.82, 2.24) is 0 Å². The fraction of sp³-hybridized carbons (Fsp3) is 0.125. The first-order valence-corrected chi connectivity index (χ1v) is 4.35. The number of hydrogen-bond donors (Lipinski definition) is 0. The molecular weight excluding hydrogens is 225 g/mol. The van der Waals surface area contributed by atoms with E-state index in [1.807, 2.05) is 12.1 Å². The molecule has 0 aliphatic rings. The number of benzene rings is 1. The Balaban J connectivity index is 3.27. The molecule has 11 heavy (non-hydrogen) atoms. The van der Waals surface area contributed by atoms with E-state index >= 15 is 0 Å². The van der Waals surface area contributed by atoms with Gasteiger partial charge in [0.05, 0.1) is 11.6 Å². The summed E-state index contributed by atoms with van der Waals surface area (Å²) in [5.74, 6) is 0.365. The van der Waals surface area contributed by atoms with Crippen molar-refractivity contribution in [2.45, 2.75) is 5.88 Å². The van der Waals surface area contributed by atoms with E-state index in [2.05, 4.69) is 22.0 Å². The second kappa shape index (κ2) is 3.75. The maximum Gasteiger partial charge on any atom is 0.0995 e. The van der Waals surface area contributed by atoms with Gasteiger partial charge in [-0.3, -0.25) is 0 Å². The fourth-order valence-corrected chi connectivity index (χ4v) is 1.75. The molecule has 0 saturated heterocycles. The van der Waals surface area contributed by atoms with E-state index in [9.17, 15) is 0 Å². The lowest BCUT2D eigenvalue weighted by Gasteiger charge is -2.00. The minimum atomic E-state index is 0.365. The lowest BCUT2D eigenvalue weighted by molar-refractivity contribution is 1.32. The Hall–Kier alpha value is -0.520. The van der Waals surface area contributed by atoms with Gasteiger partial charge in [-0.05, 0) is 17.7 Å². The number of halogens is 2. The van der Waals surface area contributed by atoms with Crippen LogP contribution in [-0.2, 0) is 5.88 Å². The van der Waals surface area contributed by atoms with E-state index in [0.717, 1.165) is 10.0 Å². The molecule has 0 aliphatic heterocycles. The number of hydrogen-bond acceptors (Lipinski definition) is 1. The van der Waals surface area contributed by atoms with Crippen molar-refractivity contribution >= 4 is 27.5 Å². The van der Waals surface area contributed by atoms with Gasteiger partial charge in [0.25, 0.3) is 0 Å². The van der Waals surface area contributed by atoms with E-state index in [0.29, 0.717) is 11.4 Å². The van der Waals surface area contributed by atoms with Crippen LogP contribution in [0.2, 0.25) is 0 Å². The van der Waals surface area contributed by atoms with Crippen molar-refractivity contribution in [2.24, 2.45) is 0 Å². The van der Waals surface area contributed by atoms with Gasteiger partial charge >= 0.3 is 0 Å². The predicted octanol–water partition coefficient (Wildman–Crippen LogP) is 3.06. The number of nitriles is 1. The number of rotatable bonds is 1. The topological polar surface area (TPSA) is 23.8 Å². The summed E-state index contributed by atoms with van der Waals surface area (Å²) in [4.78, 5) is 0. The highest BCUT2D eigenvalue weighted by Gasteiger charge is 2.03. The quantitative estimate of drug-likeness (QED) is 0.680. The number of alkyl halides is 1. The van der Waals surface area contributed by atoms with Crippen molar-refractivity contribution < 1.29 is 0 Å². The summed E-state index contributed by atoms with van der Waals surface area (Å²) in [6.45, 7) is 0. The summed E-state index contributed by atoms with van der Waals surface area (Å²) >= 11 is 8.95. The Bertz CT molecular complexity index is 303. The Morgan fingerprint density at radius 3 is 2.73 bits per heavy atom. The lowest BCUT2D eigenvalue weighted by Crippen LogP contribution is -1.86. The maximum absolute atomic E-state index is 8.64. The zero-order valence-corrected chi connectivity index (χ0v) is 7.98. The molecule has 1 aromatic rings. The van der Waals surface area contributed by atoms with Crippen molar-refractivity contribution in [3.63, 3.8) is 0 Å². The molecule has 0 amide bonds. The standard InChI is InChI=1S/C8H5BrClN/c9-8-3-1-2-6(5-11)7(8)4-10/h1-3H,4H2. The number of nitrogens with zero attached hydrogens (tertiary/aromatic N) is 1. The van der Waals surface area contributed by atoms with E-state index in [1.165, 1.54) is 0 Å². The van der Waals surface area contributed by atoms with Crippen LogP contribution in [0.15, 0.2) is 22.7 Å². The van der Waals surface area contributed by atoms with Crippen molar-refractivity contribution in [3.8, 4) is 6.07 Å². The highest BCUT2D eigenvalue weighted by atomic mass is 79.9. The maximum atomic E-state index is 8.64. The summed E-state index contributed by atoms with van der Waals surface area (Å²) in [6, 6.07) is 7.52. The molecule has 0 saturated carbocycles. The Morgan fingerprint density at radius 2 is 2.27 bits per heavy atom. The van der Waals surface area contributed by atoms with Crippen LogP contribution in [0.3, 0.4) is 0 Å². The van der Waals surface area contributed by atoms with Crippen LogP contribution in [0.1, 0.15) is 11.1 Å². The van der Waals surface area contributed by atoms with E-state index < -0.39 is 0 Å². The van der Waals surface area contributed by atoms with Crippen molar-refractivity contribution in [1.29, 1.82) is 5.26 Å². The van der Waals surface area contributed by atoms with Gasteiger partial charge in [0.2, 0.25) is 0 Å². The molecule has 0 atom stereocenters. The normalized spacial score (nSPS) is 9.18. The van der Waals surface area contributed by atoms with Gasteiger partial charge in [-0.1, -0.05) is 22.0 Å². The van der Waals surface area contributed by atoms with Crippen LogP contribution in [0, 0.1) is 11.3 Å². The monoisotopic (exact) mass is 229 g/mol. The smallest absolute Gasteiger partial charge is 0.0995 e. The van der Waals surface area contributed by atoms with Crippen LogP contribution < -0.4 is 0 Å². The summed E-state index contributed by atoms with van der Waals surface area (Å²) in [5.41, 5.74) is 1.49. The molecule has 0 aliphatic carbocycles. The minimum absolute atomic E-state index is 0.365. The molecule has 1 rings (SSSR count). The molecule has 1 nitrogen and oxygen atoms in total. The Morgan fingerprint density at radius 1 is 1.55 bits per heavy atom. The molecule has 3 heteroatoms. The fourth-order valence-electron chi connectivity index (χ4n) is 0.799. The molecule has 56 valence electrons. The highest BCUT2D eigenvalue weighted by molar-refractivity contribution is 9.10. The molecule has 0 unspecified atom stereocenters. The molecule has 0 aromatic heterocycles. The van der Waals surface area contributed by atoms with Crippen molar-refractivity contribution in [2.75, 3.05) is 0 Å². The minimum Gasteiger partial charge on any atom is -0.192 e. The molecule has 0 fully saturated rings. The van der Waals surface area contributed by atoms with Gasteiger partial charge in [-0.15, -0.1) is 11.6 Å². The Labute approximate surface area is 78.7 Å². The molecule has 0 bridgehead atoms. The molecule has 0 radical (unpaired) electrons. The van der Waals surface area contributed by atoms with Crippen LogP contribution in [0.5, 0.6) is 0 Å². The SMILES string of the molecule is N#Cc1cccc(Br)c1CCl. The van der Waals surface area contributed by atoms with E-state index in [4.69, 9.17) is 16.9 Å². The molecule has 1 aromatic carbocycles. The second-order valence-electron chi connectivity index (χ2n) is 2.01. The third-order valence-corrected chi connectivity index (χ3v) is 2.38. The average Bonchev–Trinajstić information content (AvgIpc) is 2.04. The van der Waals surface area contributed by atoms with Crippen LogP contribution in [0.4, 0.5) is 0 Å². The van der Waals surface area contributed by atoms with Gasteiger partial charge in [0.15, 0.2) is 0 Å². The summed E-state index contributed by atoms with van der Waals surface area (Å²) in [6.07, 6.45) is 0. The van der Waals surface area contributed by atoms with Gasteiger partial charge in [-0.25, -0.2) is 0 Å². The Kier molecular flexibility index (Phi) is 2.92.